The molecule has 1 saturated heterocycles. The first kappa shape index (κ1) is 23.2. The number of aliphatic hydroxyl groups is 1. The molecule has 1 atom stereocenters. The Labute approximate surface area is 184 Å². The number of benzene rings is 2. The molecular weight excluding hydrogens is 396 g/mol. The quantitative estimate of drug-likeness (QED) is 0.600. The van der Waals surface area contributed by atoms with Crippen molar-refractivity contribution in [2.75, 3.05) is 47.1 Å². The molecule has 1 heterocycles. The lowest BCUT2D eigenvalue weighted by Gasteiger charge is -2.41. The Morgan fingerprint density at radius 2 is 1.71 bits per heavy atom. The molecule has 2 aromatic rings. The van der Waals surface area contributed by atoms with E-state index in [0.717, 1.165) is 50.5 Å². The molecule has 3 rings (SSSR count). The predicted octanol–water partition coefficient (Wildman–Crippen LogP) is 2.88. The van der Waals surface area contributed by atoms with Gasteiger partial charge in [0.25, 0.3) is 0 Å². The van der Waals surface area contributed by atoms with Crippen molar-refractivity contribution >= 4 is 0 Å². The van der Waals surface area contributed by atoms with E-state index in [9.17, 15) is 10.2 Å². The van der Waals surface area contributed by atoms with Crippen LogP contribution < -0.4 is 14.2 Å². The monoisotopic (exact) mass is 430 g/mol. The molecule has 0 aliphatic carbocycles. The summed E-state index contributed by atoms with van der Waals surface area (Å²) in [6.45, 7) is 6.98. The van der Waals surface area contributed by atoms with Gasteiger partial charge in [0.05, 0.1) is 20.8 Å². The number of phenols is 1. The van der Waals surface area contributed by atoms with E-state index in [2.05, 4.69) is 15.9 Å². The van der Waals surface area contributed by atoms with Crippen molar-refractivity contribution in [3.8, 4) is 23.0 Å². The van der Waals surface area contributed by atoms with Gasteiger partial charge in [0.1, 0.15) is 5.75 Å². The van der Waals surface area contributed by atoms with Crippen molar-refractivity contribution in [2.45, 2.75) is 32.5 Å². The van der Waals surface area contributed by atoms with Crippen molar-refractivity contribution < 1.29 is 24.4 Å². The van der Waals surface area contributed by atoms with E-state index in [1.807, 2.05) is 37.3 Å². The second-order valence-electron chi connectivity index (χ2n) is 7.76. The fraction of sp³-hybridized carbons (Fsp3) is 0.500. The molecule has 2 aromatic carbocycles. The Kier molecular flexibility index (Phi) is 8.40. The van der Waals surface area contributed by atoms with Crippen molar-refractivity contribution in [1.29, 1.82) is 0 Å². The van der Waals surface area contributed by atoms with Crippen LogP contribution in [0, 0.1) is 0 Å². The second kappa shape index (κ2) is 11.2. The minimum absolute atomic E-state index is 0.0182. The highest BCUT2D eigenvalue weighted by atomic mass is 16.5. The molecule has 1 aliphatic rings. The molecule has 0 saturated carbocycles. The fourth-order valence-electron chi connectivity index (χ4n) is 4.18. The largest absolute Gasteiger partial charge is 0.502 e. The first-order valence-corrected chi connectivity index (χ1v) is 10.8. The van der Waals surface area contributed by atoms with Gasteiger partial charge in [-0.2, -0.15) is 0 Å². The summed E-state index contributed by atoms with van der Waals surface area (Å²) in [5.41, 5.74) is 2.19. The lowest BCUT2D eigenvalue weighted by Crippen LogP contribution is -2.52. The Morgan fingerprint density at radius 3 is 2.35 bits per heavy atom. The van der Waals surface area contributed by atoms with Crippen LogP contribution in [0.25, 0.3) is 0 Å². The molecule has 7 heteroatoms. The van der Waals surface area contributed by atoms with Gasteiger partial charge in [-0.3, -0.25) is 9.80 Å². The summed E-state index contributed by atoms with van der Waals surface area (Å²) >= 11 is 0. The smallest absolute Gasteiger partial charge is 0.200 e. The van der Waals surface area contributed by atoms with E-state index in [1.54, 1.807) is 0 Å². The van der Waals surface area contributed by atoms with Gasteiger partial charge in [-0.25, -0.2) is 0 Å². The highest BCUT2D eigenvalue weighted by Crippen LogP contribution is 2.37. The molecule has 0 bridgehead atoms. The first-order chi connectivity index (χ1) is 15.1. The van der Waals surface area contributed by atoms with Crippen molar-refractivity contribution in [3.05, 3.63) is 47.5 Å². The lowest BCUT2D eigenvalue weighted by atomic mass is 10.1. The van der Waals surface area contributed by atoms with Crippen molar-refractivity contribution in [3.63, 3.8) is 0 Å². The van der Waals surface area contributed by atoms with Crippen molar-refractivity contribution in [2.24, 2.45) is 0 Å². The molecular formula is C24H34N2O5. The average molecular weight is 431 g/mol. The van der Waals surface area contributed by atoms with Gasteiger partial charge in [-0.1, -0.05) is 18.2 Å². The van der Waals surface area contributed by atoms with Crippen LogP contribution in [-0.4, -0.2) is 73.1 Å². The highest BCUT2D eigenvalue weighted by molar-refractivity contribution is 5.52. The number of aliphatic hydroxyl groups excluding tert-OH is 1. The zero-order valence-corrected chi connectivity index (χ0v) is 18.7. The minimum atomic E-state index is 0.0182. The molecule has 1 aliphatic heterocycles. The molecule has 0 aromatic heterocycles. The number of nitrogens with zero attached hydrogens (tertiary/aromatic N) is 2. The lowest BCUT2D eigenvalue weighted by molar-refractivity contribution is 0.0493. The number of rotatable bonds is 10. The van der Waals surface area contributed by atoms with Crippen LogP contribution in [0.15, 0.2) is 36.4 Å². The van der Waals surface area contributed by atoms with E-state index in [4.69, 9.17) is 14.2 Å². The van der Waals surface area contributed by atoms with Crippen LogP contribution >= 0.6 is 0 Å². The summed E-state index contributed by atoms with van der Waals surface area (Å²) in [6, 6.07) is 12.1. The van der Waals surface area contributed by atoms with Crippen LogP contribution in [-0.2, 0) is 13.1 Å². The molecule has 170 valence electrons. The maximum absolute atomic E-state index is 10.2. The summed E-state index contributed by atoms with van der Waals surface area (Å²) in [5.74, 6) is 1.77. The number of aromatic hydroxyl groups is 1. The topological polar surface area (TPSA) is 74.6 Å². The van der Waals surface area contributed by atoms with Crippen LogP contribution in [0.4, 0.5) is 0 Å². The number of methoxy groups -OCH3 is 2. The van der Waals surface area contributed by atoms with Crippen LogP contribution in [0.5, 0.6) is 23.0 Å². The third-order valence-electron chi connectivity index (χ3n) is 5.74. The summed E-state index contributed by atoms with van der Waals surface area (Å²) in [6.07, 6.45) is 0.718. The Morgan fingerprint density at radius 1 is 1.00 bits per heavy atom. The van der Waals surface area contributed by atoms with Gasteiger partial charge < -0.3 is 24.4 Å². The summed E-state index contributed by atoms with van der Waals surface area (Å²) in [4.78, 5) is 4.80. The third kappa shape index (κ3) is 5.81. The predicted molar refractivity (Wildman–Crippen MR) is 120 cm³/mol. The highest BCUT2D eigenvalue weighted by Gasteiger charge is 2.27. The number of phenolic OH excluding ortho intramolecular Hbond substituents is 1. The molecule has 1 fully saturated rings. The first-order valence-electron chi connectivity index (χ1n) is 10.8. The van der Waals surface area contributed by atoms with Gasteiger partial charge >= 0.3 is 0 Å². The van der Waals surface area contributed by atoms with Crippen LogP contribution in [0.1, 0.15) is 24.5 Å². The zero-order valence-electron chi connectivity index (χ0n) is 18.7. The van der Waals surface area contributed by atoms with E-state index in [0.29, 0.717) is 18.1 Å². The summed E-state index contributed by atoms with van der Waals surface area (Å²) in [5, 5.41) is 19.8. The molecule has 0 radical (unpaired) electrons. The van der Waals surface area contributed by atoms with E-state index in [-0.39, 0.29) is 18.4 Å². The van der Waals surface area contributed by atoms with E-state index < -0.39 is 0 Å². The molecule has 1 unspecified atom stereocenters. The molecule has 0 spiro atoms. The van der Waals surface area contributed by atoms with Gasteiger partial charge in [-0.05, 0) is 37.1 Å². The van der Waals surface area contributed by atoms with Gasteiger partial charge in [0.15, 0.2) is 11.5 Å². The summed E-state index contributed by atoms with van der Waals surface area (Å²) < 4.78 is 16.4. The normalized spacial score (nSPS) is 17.5. The SMILES string of the molecule is CCOc1ccccc1CN1CCN(Cc2cc(OC)c(O)c(OC)c2)CC1CCO. The Bertz CT molecular complexity index is 819. The van der Waals surface area contributed by atoms with E-state index >= 15 is 0 Å². The van der Waals surface area contributed by atoms with Crippen LogP contribution in [0.2, 0.25) is 0 Å². The van der Waals surface area contributed by atoms with Crippen LogP contribution in [0.3, 0.4) is 0 Å². The number of hydrogen-bond acceptors (Lipinski definition) is 7. The average Bonchev–Trinajstić information content (AvgIpc) is 2.78. The number of para-hydroxylation sites is 1. The minimum Gasteiger partial charge on any atom is -0.502 e. The third-order valence-corrected chi connectivity index (χ3v) is 5.74. The fourth-order valence-corrected chi connectivity index (χ4v) is 4.18. The van der Waals surface area contributed by atoms with Gasteiger partial charge in [0.2, 0.25) is 5.75 Å². The zero-order chi connectivity index (χ0) is 22.2. The number of piperazine rings is 1. The molecule has 31 heavy (non-hydrogen) atoms. The molecule has 2 N–H and O–H groups in total. The van der Waals surface area contributed by atoms with Crippen molar-refractivity contribution in [1.82, 2.24) is 9.80 Å². The number of hydrogen-bond donors (Lipinski definition) is 2. The summed E-state index contributed by atoms with van der Waals surface area (Å²) in [7, 11) is 3.07. The van der Waals surface area contributed by atoms with Gasteiger partial charge in [0, 0.05) is 50.9 Å². The maximum Gasteiger partial charge on any atom is 0.200 e. The Hall–Kier alpha value is -2.48. The standard InChI is InChI=1S/C24H34N2O5/c1-4-31-21-8-6-5-7-19(21)16-26-11-10-25(17-20(26)9-12-27)15-18-13-22(29-2)24(28)23(14-18)30-3/h5-8,13-14,20,27-28H,4,9-12,15-17H2,1-3H3. The Balaban J connectivity index is 1.70. The maximum atomic E-state index is 10.2. The second-order valence-corrected chi connectivity index (χ2v) is 7.76. The number of ether oxygens (including phenoxy) is 3. The van der Waals surface area contributed by atoms with E-state index in [1.165, 1.54) is 19.8 Å². The molecule has 7 nitrogen and oxygen atoms in total. The molecule has 0 amide bonds. The van der Waals surface area contributed by atoms with Gasteiger partial charge in [-0.15, -0.1) is 0 Å².